The fourth-order valence-corrected chi connectivity index (χ4v) is 2.71. The smallest absolute Gasteiger partial charge is 0.167 e. The number of nitrogen functional groups attached to an aromatic ring is 1. The largest absolute Gasteiger partial charge is 0.382 e. The SMILES string of the molecule is COC1C(OC)[C@@H](CN)O[C@H]1n1cnc2c(N)ncnc21. The number of nitrogens with two attached hydrogens (primary N) is 2. The number of imidazole rings is 1. The first kappa shape index (κ1) is 14.1. The lowest BCUT2D eigenvalue weighted by atomic mass is 10.1. The van der Waals surface area contributed by atoms with Crippen molar-refractivity contribution >= 4 is 17.0 Å². The maximum absolute atomic E-state index is 5.96. The molecule has 1 aliphatic rings. The molecule has 21 heavy (non-hydrogen) atoms. The van der Waals surface area contributed by atoms with E-state index in [2.05, 4.69) is 15.0 Å². The zero-order valence-corrected chi connectivity index (χ0v) is 11.8. The molecule has 0 radical (unpaired) electrons. The Kier molecular flexibility index (Phi) is 3.72. The lowest BCUT2D eigenvalue weighted by molar-refractivity contribution is -0.0510. The first-order valence-corrected chi connectivity index (χ1v) is 6.55. The van der Waals surface area contributed by atoms with Gasteiger partial charge in [0.2, 0.25) is 0 Å². The fraction of sp³-hybridized carbons (Fsp3) is 0.583. The lowest BCUT2D eigenvalue weighted by Gasteiger charge is -2.21. The van der Waals surface area contributed by atoms with E-state index in [0.717, 1.165) is 0 Å². The van der Waals surface area contributed by atoms with Gasteiger partial charge >= 0.3 is 0 Å². The van der Waals surface area contributed by atoms with E-state index in [1.165, 1.54) is 6.33 Å². The van der Waals surface area contributed by atoms with Crippen LogP contribution in [0, 0.1) is 0 Å². The van der Waals surface area contributed by atoms with Crippen molar-refractivity contribution < 1.29 is 14.2 Å². The number of hydrogen-bond donors (Lipinski definition) is 2. The molecule has 2 aromatic rings. The molecule has 2 aromatic heterocycles. The zero-order chi connectivity index (χ0) is 15.0. The highest BCUT2D eigenvalue weighted by Crippen LogP contribution is 2.34. The van der Waals surface area contributed by atoms with Crippen LogP contribution in [0.2, 0.25) is 0 Å². The van der Waals surface area contributed by atoms with Gasteiger partial charge in [0.15, 0.2) is 17.7 Å². The second kappa shape index (κ2) is 5.53. The molecule has 1 fully saturated rings. The molecule has 9 nitrogen and oxygen atoms in total. The standard InChI is InChI=1S/C12H18N6O3/c1-19-8-6(3-13)21-12(9(8)20-2)18-5-17-7-10(14)15-4-16-11(7)18/h4-6,8-9,12H,3,13H2,1-2H3,(H2,14,15,16)/t6-,8?,9?,12-/m1/s1. The van der Waals surface area contributed by atoms with E-state index in [1.54, 1.807) is 25.1 Å². The number of rotatable bonds is 4. The monoisotopic (exact) mass is 294 g/mol. The first-order chi connectivity index (χ1) is 10.2. The minimum atomic E-state index is -0.437. The van der Waals surface area contributed by atoms with E-state index in [4.69, 9.17) is 25.7 Å². The van der Waals surface area contributed by atoms with Crippen LogP contribution in [0.3, 0.4) is 0 Å². The Balaban J connectivity index is 2.03. The molecular formula is C12H18N6O3. The molecule has 3 heterocycles. The van der Waals surface area contributed by atoms with Crippen molar-refractivity contribution in [1.82, 2.24) is 19.5 Å². The highest BCUT2D eigenvalue weighted by Gasteiger charge is 2.46. The van der Waals surface area contributed by atoms with E-state index < -0.39 is 6.23 Å². The van der Waals surface area contributed by atoms with Crippen LogP contribution >= 0.6 is 0 Å². The Morgan fingerprint density at radius 1 is 1.24 bits per heavy atom. The van der Waals surface area contributed by atoms with Gasteiger partial charge in [-0.05, 0) is 0 Å². The third kappa shape index (κ3) is 2.14. The zero-order valence-electron chi connectivity index (χ0n) is 11.8. The molecule has 9 heteroatoms. The molecule has 4 atom stereocenters. The average molecular weight is 294 g/mol. The minimum Gasteiger partial charge on any atom is -0.382 e. The molecule has 0 bridgehead atoms. The van der Waals surface area contributed by atoms with Crippen LogP contribution in [0.25, 0.3) is 11.2 Å². The van der Waals surface area contributed by atoms with Crippen molar-refractivity contribution in [1.29, 1.82) is 0 Å². The van der Waals surface area contributed by atoms with Gasteiger partial charge < -0.3 is 25.7 Å². The first-order valence-electron chi connectivity index (χ1n) is 6.55. The third-order valence-corrected chi connectivity index (χ3v) is 3.72. The minimum absolute atomic E-state index is 0.262. The molecule has 3 rings (SSSR count). The maximum atomic E-state index is 5.96. The number of hydrogen-bond acceptors (Lipinski definition) is 8. The summed E-state index contributed by atoms with van der Waals surface area (Å²) in [5.41, 5.74) is 12.7. The van der Waals surface area contributed by atoms with E-state index in [1.807, 2.05) is 0 Å². The van der Waals surface area contributed by atoms with Crippen LogP contribution in [-0.4, -0.2) is 58.6 Å². The van der Waals surface area contributed by atoms with Gasteiger partial charge in [0.05, 0.1) is 6.33 Å². The topological polar surface area (TPSA) is 123 Å². The van der Waals surface area contributed by atoms with Gasteiger partial charge in [-0.3, -0.25) is 4.57 Å². The van der Waals surface area contributed by atoms with Crippen LogP contribution in [-0.2, 0) is 14.2 Å². The number of nitrogens with zero attached hydrogens (tertiary/aromatic N) is 4. The Morgan fingerprint density at radius 3 is 2.67 bits per heavy atom. The number of anilines is 1. The van der Waals surface area contributed by atoms with Crippen LogP contribution in [0.15, 0.2) is 12.7 Å². The van der Waals surface area contributed by atoms with Gasteiger partial charge in [-0.15, -0.1) is 0 Å². The summed E-state index contributed by atoms with van der Waals surface area (Å²) in [6.45, 7) is 0.332. The van der Waals surface area contributed by atoms with Gasteiger partial charge in [0.1, 0.15) is 30.2 Å². The van der Waals surface area contributed by atoms with E-state index in [0.29, 0.717) is 23.5 Å². The van der Waals surface area contributed by atoms with E-state index in [-0.39, 0.29) is 18.3 Å². The van der Waals surface area contributed by atoms with Gasteiger partial charge in [0, 0.05) is 20.8 Å². The van der Waals surface area contributed by atoms with Gasteiger partial charge in [0.25, 0.3) is 0 Å². The summed E-state index contributed by atoms with van der Waals surface area (Å²) in [7, 11) is 3.21. The van der Waals surface area contributed by atoms with Crippen molar-refractivity contribution in [2.75, 3.05) is 26.5 Å². The summed E-state index contributed by atoms with van der Waals surface area (Å²) < 4.78 is 18.7. The number of methoxy groups -OCH3 is 2. The number of ether oxygens (including phenoxy) is 3. The summed E-state index contributed by atoms with van der Waals surface area (Å²) in [5.74, 6) is 0.324. The molecule has 0 aromatic carbocycles. The highest BCUT2D eigenvalue weighted by atomic mass is 16.6. The predicted octanol–water partition coefficient (Wildman–Crippen LogP) is -0.705. The van der Waals surface area contributed by atoms with Crippen molar-refractivity contribution in [2.45, 2.75) is 24.5 Å². The van der Waals surface area contributed by atoms with Crippen molar-refractivity contribution in [3.05, 3.63) is 12.7 Å². The molecule has 4 N–H and O–H groups in total. The normalized spacial score (nSPS) is 29.3. The molecule has 1 saturated heterocycles. The molecular weight excluding hydrogens is 276 g/mol. The Bertz CT molecular complexity index is 632. The van der Waals surface area contributed by atoms with Crippen LogP contribution in [0.4, 0.5) is 5.82 Å². The quantitative estimate of drug-likeness (QED) is 0.758. The summed E-state index contributed by atoms with van der Waals surface area (Å²) in [6, 6.07) is 0. The van der Waals surface area contributed by atoms with E-state index in [9.17, 15) is 0 Å². The Hall–Kier alpha value is -1.81. The Labute approximate surface area is 121 Å². The average Bonchev–Trinajstić information content (AvgIpc) is 3.07. The second-order valence-electron chi connectivity index (χ2n) is 4.78. The predicted molar refractivity (Wildman–Crippen MR) is 74.3 cm³/mol. The molecule has 114 valence electrons. The number of fused-ring (bicyclic) bond motifs is 1. The fourth-order valence-electron chi connectivity index (χ4n) is 2.71. The second-order valence-corrected chi connectivity index (χ2v) is 4.78. The molecule has 0 amide bonds. The number of aromatic nitrogens is 4. The van der Waals surface area contributed by atoms with Crippen LogP contribution < -0.4 is 11.5 Å². The molecule has 2 unspecified atom stereocenters. The highest BCUT2D eigenvalue weighted by molar-refractivity contribution is 5.81. The van der Waals surface area contributed by atoms with Gasteiger partial charge in [-0.25, -0.2) is 15.0 Å². The molecule has 0 spiro atoms. The molecule has 0 aliphatic carbocycles. The van der Waals surface area contributed by atoms with Gasteiger partial charge in [-0.2, -0.15) is 0 Å². The Morgan fingerprint density at radius 2 is 2.00 bits per heavy atom. The van der Waals surface area contributed by atoms with E-state index >= 15 is 0 Å². The van der Waals surface area contributed by atoms with Crippen molar-refractivity contribution in [2.24, 2.45) is 5.73 Å². The van der Waals surface area contributed by atoms with Crippen molar-refractivity contribution in [3.63, 3.8) is 0 Å². The van der Waals surface area contributed by atoms with Gasteiger partial charge in [-0.1, -0.05) is 0 Å². The molecule has 0 saturated carbocycles. The summed E-state index contributed by atoms with van der Waals surface area (Å²) in [6.07, 6.45) is 1.71. The molecule has 1 aliphatic heterocycles. The third-order valence-electron chi connectivity index (χ3n) is 3.72. The summed E-state index contributed by atoms with van der Waals surface area (Å²) in [4.78, 5) is 12.4. The summed E-state index contributed by atoms with van der Waals surface area (Å²) >= 11 is 0. The maximum Gasteiger partial charge on any atom is 0.167 e. The van der Waals surface area contributed by atoms with Crippen molar-refractivity contribution in [3.8, 4) is 0 Å². The summed E-state index contributed by atoms with van der Waals surface area (Å²) in [5, 5.41) is 0. The lowest BCUT2D eigenvalue weighted by Crippen LogP contribution is -2.38. The van der Waals surface area contributed by atoms with Crippen LogP contribution in [0.5, 0.6) is 0 Å². The van der Waals surface area contributed by atoms with Crippen LogP contribution in [0.1, 0.15) is 6.23 Å².